The van der Waals surface area contributed by atoms with Crippen LogP contribution in [0.3, 0.4) is 0 Å². The summed E-state index contributed by atoms with van der Waals surface area (Å²) in [5.41, 5.74) is 1.42. The lowest BCUT2D eigenvalue weighted by atomic mass is 9.76. The van der Waals surface area contributed by atoms with Crippen molar-refractivity contribution >= 4 is 25.3 Å². The highest BCUT2D eigenvalue weighted by Gasteiger charge is 2.52. The highest BCUT2D eigenvalue weighted by Crippen LogP contribution is 2.38. The lowest BCUT2D eigenvalue weighted by Crippen LogP contribution is -2.41. The molecule has 31 heavy (non-hydrogen) atoms. The van der Waals surface area contributed by atoms with E-state index in [1.807, 2.05) is 33.8 Å². The third-order valence-corrected chi connectivity index (χ3v) is 5.51. The minimum atomic E-state index is -0.955. The monoisotopic (exact) mass is 431 g/mol. The summed E-state index contributed by atoms with van der Waals surface area (Å²) in [6, 6.07) is 3.60. The smallest absolute Gasteiger partial charge is 0.478 e. The van der Waals surface area contributed by atoms with Gasteiger partial charge in [-0.15, -0.1) is 0 Å². The summed E-state index contributed by atoms with van der Waals surface area (Å²) in [6.07, 6.45) is 1.33. The van der Waals surface area contributed by atoms with E-state index in [2.05, 4.69) is 5.32 Å². The molecule has 1 fully saturated rings. The molecule has 1 saturated heterocycles. The Balaban J connectivity index is 2.38. The summed E-state index contributed by atoms with van der Waals surface area (Å²) in [5.74, 6) is -0.955. The minimum absolute atomic E-state index is 0.157. The second-order valence-electron chi connectivity index (χ2n) is 10.00. The van der Waals surface area contributed by atoms with Gasteiger partial charge in [0, 0.05) is 6.54 Å². The predicted octanol–water partition coefficient (Wildman–Crippen LogP) is 4.54. The maximum absolute atomic E-state index is 12.2. The van der Waals surface area contributed by atoms with Gasteiger partial charge < -0.3 is 24.5 Å². The van der Waals surface area contributed by atoms with E-state index in [1.165, 1.54) is 0 Å². The molecule has 1 heterocycles. The molecule has 1 aromatic rings. The van der Waals surface area contributed by atoms with Crippen LogP contribution in [0, 0.1) is 13.8 Å². The van der Waals surface area contributed by atoms with Crippen LogP contribution >= 0.6 is 0 Å². The molecule has 2 rings (SSSR count). The van der Waals surface area contributed by atoms with Gasteiger partial charge in [0.25, 0.3) is 0 Å². The van der Waals surface area contributed by atoms with Gasteiger partial charge in [0.2, 0.25) is 0 Å². The number of aryl methyl sites for hydroxylation is 2. The highest BCUT2D eigenvalue weighted by molar-refractivity contribution is 6.56. The van der Waals surface area contributed by atoms with Crippen molar-refractivity contribution in [2.75, 3.05) is 6.54 Å². The normalized spacial score (nSPS) is 18.1. The van der Waals surface area contributed by atoms with Crippen LogP contribution in [0.1, 0.15) is 75.5 Å². The number of carboxylic acid groups (broad SMARTS) is 1. The zero-order chi connectivity index (χ0) is 23.8. The van der Waals surface area contributed by atoms with Crippen molar-refractivity contribution in [2.24, 2.45) is 0 Å². The van der Waals surface area contributed by atoms with Gasteiger partial charge in [-0.1, -0.05) is 18.2 Å². The molecule has 2 N–H and O–H groups in total. The number of amides is 1. The Kier molecular flexibility index (Phi) is 6.98. The lowest BCUT2D eigenvalue weighted by Gasteiger charge is -2.32. The van der Waals surface area contributed by atoms with Crippen LogP contribution in [0.4, 0.5) is 4.79 Å². The molecule has 8 heteroatoms. The third kappa shape index (κ3) is 6.11. The highest BCUT2D eigenvalue weighted by atomic mass is 16.7. The molecule has 0 bridgehead atoms. The van der Waals surface area contributed by atoms with Crippen LogP contribution in [0.5, 0.6) is 0 Å². The molecule has 1 aliphatic rings. The number of alkyl carbamates (subject to hydrolysis) is 1. The van der Waals surface area contributed by atoms with E-state index in [1.54, 1.807) is 46.8 Å². The van der Waals surface area contributed by atoms with Crippen molar-refractivity contribution in [3.05, 3.63) is 39.9 Å². The van der Waals surface area contributed by atoms with Crippen molar-refractivity contribution in [1.82, 2.24) is 5.32 Å². The Labute approximate surface area is 185 Å². The molecule has 0 atom stereocenters. The van der Waals surface area contributed by atoms with E-state index < -0.39 is 36.0 Å². The summed E-state index contributed by atoms with van der Waals surface area (Å²) in [4.78, 5) is 23.7. The number of hydrogen-bond donors (Lipinski definition) is 2. The maximum atomic E-state index is 12.2. The molecule has 0 unspecified atom stereocenters. The number of aromatic carboxylic acids is 1. The van der Waals surface area contributed by atoms with Gasteiger partial charge in [-0.25, -0.2) is 9.59 Å². The first-order valence-electron chi connectivity index (χ1n) is 10.4. The van der Waals surface area contributed by atoms with E-state index in [9.17, 15) is 14.7 Å². The van der Waals surface area contributed by atoms with Crippen molar-refractivity contribution in [3.63, 3.8) is 0 Å². The Hall–Kier alpha value is -2.32. The largest absolute Gasteiger partial charge is 0.492 e. The number of rotatable bonds is 5. The van der Waals surface area contributed by atoms with Crippen molar-refractivity contribution in [2.45, 2.75) is 79.1 Å². The molecule has 1 aromatic carbocycles. The van der Waals surface area contributed by atoms with Crippen LogP contribution in [0.2, 0.25) is 0 Å². The number of ether oxygens (including phenoxy) is 1. The van der Waals surface area contributed by atoms with Gasteiger partial charge in [0.05, 0.1) is 16.8 Å². The Morgan fingerprint density at radius 3 is 2.00 bits per heavy atom. The number of nitrogens with one attached hydrogen (secondary N) is 1. The molecule has 0 aliphatic carbocycles. The molecule has 0 radical (unpaired) electrons. The van der Waals surface area contributed by atoms with Crippen molar-refractivity contribution < 1.29 is 28.7 Å². The van der Waals surface area contributed by atoms with E-state index in [-0.39, 0.29) is 6.54 Å². The average molecular weight is 431 g/mol. The summed E-state index contributed by atoms with van der Waals surface area (Å²) in [7, 11) is -0.667. The van der Waals surface area contributed by atoms with E-state index in [0.29, 0.717) is 22.2 Å². The lowest BCUT2D eigenvalue weighted by molar-refractivity contribution is 0.00578. The van der Waals surface area contributed by atoms with Crippen LogP contribution < -0.4 is 5.32 Å². The number of carbonyl (C=O) groups is 2. The molecule has 0 saturated carbocycles. The summed E-state index contributed by atoms with van der Waals surface area (Å²) >= 11 is 0. The van der Waals surface area contributed by atoms with E-state index in [0.717, 1.165) is 5.56 Å². The van der Waals surface area contributed by atoms with Gasteiger partial charge in [0.1, 0.15) is 5.60 Å². The van der Waals surface area contributed by atoms with E-state index >= 15 is 0 Å². The predicted molar refractivity (Wildman–Crippen MR) is 121 cm³/mol. The quantitative estimate of drug-likeness (QED) is 0.665. The fourth-order valence-corrected chi connectivity index (χ4v) is 3.32. The van der Waals surface area contributed by atoms with Gasteiger partial charge in [-0.2, -0.15) is 0 Å². The molecule has 1 amide bonds. The Morgan fingerprint density at radius 2 is 1.58 bits per heavy atom. The number of benzene rings is 1. The van der Waals surface area contributed by atoms with Crippen LogP contribution in [-0.4, -0.2) is 47.6 Å². The minimum Gasteiger partial charge on any atom is -0.478 e. The molecule has 170 valence electrons. The SMILES string of the molecule is Cc1cc(C=C(CNC(=O)OC(C)(C)C)B2OC(C)(C)C(C)(C)O2)cc(C)c1C(=O)O. The summed E-state index contributed by atoms with van der Waals surface area (Å²) in [6.45, 7) is 16.9. The number of hydrogen-bond acceptors (Lipinski definition) is 5. The summed E-state index contributed by atoms with van der Waals surface area (Å²) in [5, 5.41) is 12.2. The first-order valence-corrected chi connectivity index (χ1v) is 10.4. The van der Waals surface area contributed by atoms with Crippen molar-refractivity contribution in [1.29, 1.82) is 0 Å². The number of carbonyl (C=O) groups excluding carboxylic acids is 1. The molecule has 1 aliphatic heterocycles. The van der Waals surface area contributed by atoms with E-state index in [4.69, 9.17) is 14.0 Å². The summed E-state index contributed by atoms with van der Waals surface area (Å²) < 4.78 is 17.7. The molecular formula is C23H34BNO6. The second kappa shape index (κ2) is 8.67. The molecule has 0 aromatic heterocycles. The molecular weight excluding hydrogens is 397 g/mol. The zero-order valence-electron chi connectivity index (χ0n) is 20.0. The third-order valence-electron chi connectivity index (χ3n) is 5.51. The first kappa shape index (κ1) is 24.9. The molecule has 7 nitrogen and oxygen atoms in total. The zero-order valence-corrected chi connectivity index (χ0v) is 20.0. The molecule has 0 spiro atoms. The second-order valence-corrected chi connectivity index (χ2v) is 10.00. The Morgan fingerprint density at radius 1 is 1.10 bits per heavy atom. The average Bonchev–Trinajstić information content (AvgIpc) is 2.76. The van der Waals surface area contributed by atoms with Crippen LogP contribution in [0.15, 0.2) is 17.6 Å². The first-order chi connectivity index (χ1) is 14.0. The maximum Gasteiger partial charge on any atom is 0.492 e. The van der Waals surface area contributed by atoms with Gasteiger partial charge >= 0.3 is 19.2 Å². The topological polar surface area (TPSA) is 94.1 Å². The van der Waals surface area contributed by atoms with Gasteiger partial charge in [-0.3, -0.25) is 0 Å². The fourth-order valence-electron chi connectivity index (χ4n) is 3.32. The van der Waals surface area contributed by atoms with Crippen molar-refractivity contribution in [3.8, 4) is 0 Å². The number of carboxylic acids is 1. The van der Waals surface area contributed by atoms with Crippen LogP contribution in [0.25, 0.3) is 6.08 Å². The van der Waals surface area contributed by atoms with Crippen LogP contribution in [-0.2, 0) is 14.0 Å². The fraction of sp³-hybridized carbons (Fsp3) is 0.565. The standard InChI is InChI=1S/C23H34BNO6/c1-14-10-16(11-15(2)18(14)19(26)27)12-17(13-25-20(28)29-21(3,4)5)24-30-22(6,7)23(8,9)31-24/h10-12H,13H2,1-9H3,(H,25,28)(H,26,27). The van der Waals surface area contributed by atoms with Gasteiger partial charge in [-0.05, 0) is 84.5 Å². The van der Waals surface area contributed by atoms with Gasteiger partial charge in [0.15, 0.2) is 0 Å². The Bertz CT molecular complexity index is 859.